The zero-order chi connectivity index (χ0) is 14.8. The number of nitrogens with one attached hydrogen (secondary N) is 2. The van der Waals surface area contributed by atoms with Crippen molar-refractivity contribution in [2.24, 2.45) is 7.05 Å². The molecule has 0 fully saturated rings. The van der Waals surface area contributed by atoms with Crippen molar-refractivity contribution in [1.29, 1.82) is 0 Å². The lowest BCUT2D eigenvalue weighted by atomic mass is 10.2. The summed E-state index contributed by atoms with van der Waals surface area (Å²) in [5.41, 5.74) is 1.95. The number of rotatable bonds is 4. The number of amides is 1. The number of ether oxygens (including phenoxy) is 1. The first-order chi connectivity index (χ1) is 10.1. The standard InChI is InChI=1S/C15H16N4O2/c1-10-8-14(18-17-10)16-15(20)9-21-13-5-3-4-12-11(13)6-7-19(12)2/h3-8H,9H2,1-2H3,(H2,16,17,18,20). The van der Waals surface area contributed by atoms with Crippen LogP contribution in [0.3, 0.4) is 0 Å². The van der Waals surface area contributed by atoms with E-state index in [1.54, 1.807) is 6.07 Å². The minimum atomic E-state index is -0.241. The highest BCUT2D eigenvalue weighted by Gasteiger charge is 2.09. The molecule has 0 aliphatic rings. The number of aromatic nitrogens is 3. The molecule has 0 aliphatic heterocycles. The van der Waals surface area contributed by atoms with E-state index >= 15 is 0 Å². The molecule has 0 atom stereocenters. The average molecular weight is 284 g/mol. The Labute approximate surface area is 121 Å². The molecule has 0 saturated heterocycles. The van der Waals surface area contributed by atoms with Crippen molar-refractivity contribution in [3.8, 4) is 5.75 Å². The summed E-state index contributed by atoms with van der Waals surface area (Å²) < 4.78 is 7.62. The van der Waals surface area contributed by atoms with Crippen LogP contribution in [-0.2, 0) is 11.8 Å². The number of H-pyrrole nitrogens is 1. The van der Waals surface area contributed by atoms with Crippen molar-refractivity contribution in [1.82, 2.24) is 14.8 Å². The number of aromatic amines is 1. The van der Waals surface area contributed by atoms with Gasteiger partial charge in [0, 0.05) is 30.4 Å². The first-order valence-electron chi connectivity index (χ1n) is 6.62. The van der Waals surface area contributed by atoms with Crippen LogP contribution in [0.15, 0.2) is 36.5 Å². The molecule has 21 heavy (non-hydrogen) atoms. The highest BCUT2D eigenvalue weighted by Crippen LogP contribution is 2.25. The molecule has 0 unspecified atom stereocenters. The van der Waals surface area contributed by atoms with Crippen molar-refractivity contribution in [2.75, 3.05) is 11.9 Å². The second kappa shape index (κ2) is 5.32. The van der Waals surface area contributed by atoms with Crippen molar-refractivity contribution in [3.63, 3.8) is 0 Å². The molecule has 1 amide bonds. The SMILES string of the molecule is Cc1cc(NC(=O)COc2cccc3c2ccn3C)n[nH]1. The van der Waals surface area contributed by atoms with Crippen molar-refractivity contribution >= 4 is 22.6 Å². The van der Waals surface area contributed by atoms with Gasteiger partial charge in [0.2, 0.25) is 0 Å². The predicted molar refractivity (Wildman–Crippen MR) is 80.4 cm³/mol. The third kappa shape index (κ3) is 2.74. The van der Waals surface area contributed by atoms with E-state index in [-0.39, 0.29) is 12.5 Å². The molecule has 2 N–H and O–H groups in total. The molecular weight excluding hydrogens is 268 g/mol. The number of hydrogen-bond acceptors (Lipinski definition) is 3. The number of hydrogen-bond donors (Lipinski definition) is 2. The second-order valence-electron chi connectivity index (χ2n) is 4.89. The second-order valence-corrected chi connectivity index (χ2v) is 4.89. The molecule has 3 aromatic rings. The van der Waals surface area contributed by atoms with E-state index in [9.17, 15) is 4.79 Å². The van der Waals surface area contributed by atoms with E-state index in [1.807, 2.05) is 49.0 Å². The minimum absolute atomic E-state index is 0.0556. The number of carbonyl (C=O) groups is 1. The number of fused-ring (bicyclic) bond motifs is 1. The van der Waals surface area contributed by atoms with Crippen LogP contribution in [0, 0.1) is 6.92 Å². The van der Waals surface area contributed by atoms with E-state index in [4.69, 9.17) is 4.74 Å². The first-order valence-corrected chi connectivity index (χ1v) is 6.62. The number of nitrogens with zero attached hydrogens (tertiary/aromatic N) is 2. The first kappa shape index (κ1) is 13.2. The van der Waals surface area contributed by atoms with Gasteiger partial charge in [0.25, 0.3) is 5.91 Å². The molecule has 1 aromatic carbocycles. The number of aryl methyl sites for hydroxylation is 2. The topological polar surface area (TPSA) is 71.9 Å². The van der Waals surface area contributed by atoms with Gasteiger partial charge in [0.05, 0.1) is 5.52 Å². The van der Waals surface area contributed by atoms with Gasteiger partial charge >= 0.3 is 0 Å². The summed E-state index contributed by atoms with van der Waals surface area (Å²) in [5.74, 6) is 0.954. The van der Waals surface area contributed by atoms with E-state index in [0.29, 0.717) is 11.6 Å². The average Bonchev–Trinajstić information content (AvgIpc) is 3.04. The van der Waals surface area contributed by atoms with E-state index < -0.39 is 0 Å². The summed E-state index contributed by atoms with van der Waals surface area (Å²) in [7, 11) is 1.97. The summed E-state index contributed by atoms with van der Waals surface area (Å²) in [6.45, 7) is 1.81. The summed E-state index contributed by atoms with van der Waals surface area (Å²) in [5, 5.41) is 10.4. The molecule has 0 radical (unpaired) electrons. The van der Waals surface area contributed by atoms with Gasteiger partial charge in [0.15, 0.2) is 12.4 Å². The Morgan fingerprint density at radius 3 is 3.05 bits per heavy atom. The van der Waals surface area contributed by atoms with Crippen LogP contribution in [0.4, 0.5) is 5.82 Å². The highest BCUT2D eigenvalue weighted by atomic mass is 16.5. The van der Waals surface area contributed by atoms with Gasteiger partial charge < -0.3 is 14.6 Å². The Hall–Kier alpha value is -2.76. The third-order valence-corrected chi connectivity index (χ3v) is 3.22. The molecule has 2 aromatic heterocycles. The molecule has 2 heterocycles. The van der Waals surface area contributed by atoms with Crippen molar-refractivity contribution in [2.45, 2.75) is 6.92 Å². The van der Waals surface area contributed by atoms with E-state index in [0.717, 1.165) is 16.6 Å². The van der Waals surface area contributed by atoms with E-state index in [2.05, 4.69) is 15.5 Å². The maximum Gasteiger partial charge on any atom is 0.263 e. The normalized spacial score (nSPS) is 10.8. The molecule has 6 heteroatoms. The Morgan fingerprint density at radius 1 is 1.43 bits per heavy atom. The molecule has 3 rings (SSSR count). The van der Waals surface area contributed by atoms with Crippen LogP contribution < -0.4 is 10.1 Å². The maximum absolute atomic E-state index is 11.8. The Morgan fingerprint density at radius 2 is 2.29 bits per heavy atom. The van der Waals surface area contributed by atoms with Crippen LogP contribution in [-0.4, -0.2) is 27.3 Å². The van der Waals surface area contributed by atoms with Gasteiger partial charge in [-0.2, -0.15) is 5.10 Å². The number of benzene rings is 1. The van der Waals surface area contributed by atoms with Gasteiger partial charge in [-0.25, -0.2) is 0 Å². The quantitative estimate of drug-likeness (QED) is 0.771. The van der Waals surface area contributed by atoms with Gasteiger partial charge in [-0.15, -0.1) is 0 Å². The zero-order valence-corrected chi connectivity index (χ0v) is 11.9. The predicted octanol–water partition coefficient (Wildman–Crippen LogP) is 2.23. The number of anilines is 1. The summed E-state index contributed by atoms with van der Waals surface area (Å²) in [6, 6.07) is 9.51. The number of carbonyl (C=O) groups excluding carboxylic acids is 1. The van der Waals surface area contributed by atoms with Gasteiger partial charge in [-0.3, -0.25) is 9.89 Å². The van der Waals surface area contributed by atoms with Gasteiger partial charge in [0.1, 0.15) is 5.75 Å². The fourth-order valence-electron chi connectivity index (χ4n) is 2.20. The highest BCUT2D eigenvalue weighted by molar-refractivity contribution is 5.92. The maximum atomic E-state index is 11.8. The minimum Gasteiger partial charge on any atom is -0.483 e. The van der Waals surface area contributed by atoms with Crippen molar-refractivity contribution < 1.29 is 9.53 Å². The van der Waals surface area contributed by atoms with E-state index in [1.165, 1.54) is 0 Å². The Balaban J connectivity index is 1.67. The zero-order valence-electron chi connectivity index (χ0n) is 11.9. The molecule has 0 saturated carbocycles. The summed E-state index contributed by atoms with van der Waals surface area (Å²) >= 11 is 0. The van der Waals surface area contributed by atoms with Crippen LogP contribution in [0.25, 0.3) is 10.9 Å². The smallest absolute Gasteiger partial charge is 0.263 e. The summed E-state index contributed by atoms with van der Waals surface area (Å²) in [4.78, 5) is 11.8. The van der Waals surface area contributed by atoms with Crippen LogP contribution in [0.2, 0.25) is 0 Å². The lowest BCUT2D eigenvalue weighted by Crippen LogP contribution is -2.20. The van der Waals surface area contributed by atoms with Crippen LogP contribution in [0.1, 0.15) is 5.69 Å². The van der Waals surface area contributed by atoms with Crippen LogP contribution in [0.5, 0.6) is 5.75 Å². The Kier molecular flexibility index (Phi) is 3.35. The Bertz CT molecular complexity index is 788. The van der Waals surface area contributed by atoms with Gasteiger partial charge in [-0.1, -0.05) is 6.07 Å². The summed E-state index contributed by atoms with van der Waals surface area (Å²) in [6.07, 6.45) is 1.96. The van der Waals surface area contributed by atoms with Gasteiger partial charge in [-0.05, 0) is 25.1 Å². The molecule has 0 spiro atoms. The molecular formula is C15H16N4O2. The molecule has 108 valence electrons. The fourth-order valence-corrected chi connectivity index (χ4v) is 2.20. The largest absolute Gasteiger partial charge is 0.483 e. The fraction of sp³-hybridized carbons (Fsp3) is 0.200. The van der Waals surface area contributed by atoms with Crippen molar-refractivity contribution in [3.05, 3.63) is 42.2 Å². The monoisotopic (exact) mass is 284 g/mol. The lowest BCUT2D eigenvalue weighted by Gasteiger charge is -2.07. The third-order valence-electron chi connectivity index (χ3n) is 3.22. The lowest BCUT2D eigenvalue weighted by molar-refractivity contribution is -0.118. The molecule has 0 bridgehead atoms. The molecule has 6 nitrogen and oxygen atoms in total. The molecule has 0 aliphatic carbocycles. The van der Waals surface area contributed by atoms with Crippen LogP contribution >= 0.6 is 0 Å².